The van der Waals surface area contributed by atoms with E-state index in [1.165, 1.54) is 7.11 Å². The van der Waals surface area contributed by atoms with Crippen molar-refractivity contribution in [2.75, 3.05) is 20.7 Å². The van der Waals surface area contributed by atoms with E-state index in [0.717, 1.165) is 0 Å². The van der Waals surface area contributed by atoms with Crippen molar-refractivity contribution in [2.24, 2.45) is 4.99 Å². The lowest BCUT2D eigenvalue weighted by molar-refractivity contribution is -0.129. The Bertz CT molecular complexity index is 1470. The molecule has 10 nitrogen and oxygen atoms in total. The standard InChI is InChI=1S/C26H17NO9/c1-30-21-9-14(2-5-20(21)35-25(28)16-4-7-19-23(11-16)34-13-32-19)8-17-26(29)36-24(27-17)15-3-6-18-22(10-15)33-12-31-18/h2-11H,12-13H2,1H3/b17-8+. The Morgan fingerprint density at radius 3 is 2.36 bits per heavy atom. The maximum Gasteiger partial charge on any atom is 0.363 e. The average Bonchev–Trinajstić information content (AvgIpc) is 3.64. The molecule has 36 heavy (non-hydrogen) atoms. The smallest absolute Gasteiger partial charge is 0.363 e. The molecule has 6 rings (SSSR count). The molecule has 3 aliphatic rings. The lowest BCUT2D eigenvalue weighted by Gasteiger charge is -2.10. The Labute approximate surface area is 204 Å². The topological polar surface area (TPSA) is 111 Å². The Hall–Kier alpha value is -4.99. The number of hydrogen-bond acceptors (Lipinski definition) is 10. The molecule has 0 bridgehead atoms. The lowest BCUT2D eigenvalue weighted by atomic mass is 10.1. The first kappa shape index (κ1) is 21.5. The molecule has 0 amide bonds. The molecule has 180 valence electrons. The largest absolute Gasteiger partial charge is 0.493 e. The Morgan fingerprint density at radius 1 is 0.861 bits per heavy atom. The molecule has 0 saturated carbocycles. The molecule has 0 spiro atoms. The Kier molecular flexibility index (Phi) is 5.18. The number of fused-ring (bicyclic) bond motifs is 2. The van der Waals surface area contributed by atoms with Gasteiger partial charge in [-0.1, -0.05) is 6.07 Å². The minimum Gasteiger partial charge on any atom is -0.493 e. The molecule has 0 aromatic heterocycles. The first-order chi connectivity index (χ1) is 17.6. The third-order valence-electron chi connectivity index (χ3n) is 5.54. The molecule has 3 aliphatic heterocycles. The van der Waals surface area contributed by atoms with E-state index in [9.17, 15) is 9.59 Å². The number of carbonyl (C=O) groups is 2. The van der Waals surface area contributed by atoms with Gasteiger partial charge in [-0.25, -0.2) is 14.6 Å². The van der Waals surface area contributed by atoms with Crippen molar-refractivity contribution in [1.29, 1.82) is 0 Å². The van der Waals surface area contributed by atoms with E-state index in [1.807, 2.05) is 0 Å². The number of benzene rings is 3. The number of methoxy groups -OCH3 is 1. The van der Waals surface area contributed by atoms with Crippen LogP contribution in [0.2, 0.25) is 0 Å². The zero-order chi connectivity index (χ0) is 24.6. The van der Waals surface area contributed by atoms with Crippen LogP contribution in [-0.2, 0) is 9.53 Å². The predicted molar refractivity (Wildman–Crippen MR) is 124 cm³/mol. The van der Waals surface area contributed by atoms with Crippen LogP contribution in [0.4, 0.5) is 0 Å². The monoisotopic (exact) mass is 487 g/mol. The molecule has 3 heterocycles. The summed E-state index contributed by atoms with van der Waals surface area (Å²) in [5.74, 6) is 1.69. The third kappa shape index (κ3) is 3.94. The fourth-order valence-electron chi connectivity index (χ4n) is 3.76. The van der Waals surface area contributed by atoms with Gasteiger partial charge in [0.15, 0.2) is 40.2 Å². The normalized spacial score (nSPS) is 16.1. The maximum absolute atomic E-state index is 12.6. The van der Waals surface area contributed by atoms with E-state index in [0.29, 0.717) is 45.4 Å². The molecule has 3 aromatic rings. The van der Waals surface area contributed by atoms with Crippen LogP contribution < -0.4 is 28.4 Å². The maximum atomic E-state index is 12.6. The van der Waals surface area contributed by atoms with Crippen molar-refractivity contribution < 1.29 is 42.7 Å². The highest BCUT2D eigenvalue weighted by Crippen LogP contribution is 2.35. The van der Waals surface area contributed by atoms with Crippen molar-refractivity contribution in [3.63, 3.8) is 0 Å². The molecule has 0 fully saturated rings. The number of aliphatic imine (C=N–C) groups is 1. The van der Waals surface area contributed by atoms with Crippen LogP contribution in [0.3, 0.4) is 0 Å². The number of nitrogens with zero attached hydrogens (tertiary/aromatic N) is 1. The van der Waals surface area contributed by atoms with Crippen LogP contribution in [0.25, 0.3) is 6.08 Å². The van der Waals surface area contributed by atoms with Crippen LogP contribution in [-0.4, -0.2) is 38.5 Å². The van der Waals surface area contributed by atoms with Gasteiger partial charge in [-0.05, 0) is 60.2 Å². The molecule has 0 radical (unpaired) electrons. The number of esters is 2. The van der Waals surface area contributed by atoms with Crippen LogP contribution in [0.1, 0.15) is 21.5 Å². The van der Waals surface area contributed by atoms with Gasteiger partial charge in [0.2, 0.25) is 19.5 Å². The van der Waals surface area contributed by atoms with Crippen molar-refractivity contribution in [3.05, 3.63) is 77.0 Å². The van der Waals surface area contributed by atoms with Gasteiger partial charge in [0.25, 0.3) is 0 Å². The first-order valence-electron chi connectivity index (χ1n) is 10.8. The second-order valence-corrected chi connectivity index (χ2v) is 7.77. The number of cyclic esters (lactones) is 1. The highest BCUT2D eigenvalue weighted by atomic mass is 16.7. The minimum atomic E-state index is -0.597. The van der Waals surface area contributed by atoms with E-state index in [1.54, 1.807) is 60.7 Å². The average molecular weight is 487 g/mol. The van der Waals surface area contributed by atoms with Crippen LogP contribution in [0.5, 0.6) is 34.5 Å². The van der Waals surface area contributed by atoms with Gasteiger partial charge in [0.1, 0.15) is 0 Å². The molecule has 0 unspecified atom stereocenters. The van der Waals surface area contributed by atoms with E-state index in [4.69, 9.17) is 33.2 Å². The highest BCUT2D eigenvalue weighted by molar-refractivity contribution is 6.13. The number of hydrogen-bond donors (Lipinski definition) is 0. The van der Waals surface area contributed by atoms with E-state index < -0.39 is 11.9 Å². The number of carbonyl (C=O) groups excluding carboxylic acids is 2. The molecule has 0 saturated heterocycles. The fourth-order valence-corrected chi connectivity index (χ4v) is 3.76. The molecule has 10 heteroatoms. The highest BCUT2D eigenvalue weighted by Gasteiger charge is 2.26. The van der Waals surface area contributed by atoms with E-state index in [-0.39, 0.29) is 30.9 Å². The van der Waals surface area contributed by atoms with Crippen molar-refractivity contribution in [3.8, 4) is 34.5 Å². The van der Waals surface area contributed by atoms with Gasteiger partial charge < -0.3 is 33.2 Å². The summed E-state index contributed by atoms with van der Waals surface area (Å²) in [6.07, 6.45) is 1.55. The molecule has 3 aromatic carbocycles. The summed E-state index contributed by atoms with van der Waals surface area (Å²) in [6.45, 7) is 0.244. The third-order valence-corrected chi connectivity index (χ3v) is 5.54. The summed E-state index contributed by atoms with van der Waals surface area (Å²) in [4.78, 5) is 29.4. The molecule has 0 aliphatic carbocycles. The second-order valence-electron chi connectivity index (χ2n) is 7.77. The summed E-state index contributed by atoms with van der Waals surface area (Å²) < 4.78 is 37.5. The second kappa shape index (κ2) is 8.66. The summed E-state index contributed by atoms with van der Waals surface area (Å²) in [6, 6.07) is 14.8. The van der Waals surface area contributed by atoms with Gasteiger partial charge in [0, 0.05) is 5.56 Å². The van der Waals surface area contributed by atoms with Gasteiger partial charge in [-0.2, -0.15) is 0 Å². The van der Waals surface area contributed by atoms with Crippen molar-refractivity contribution >= 4 is 23.9 Å². The van der Waals surface area contributed by atoms with Crippen LogP contribution >= 0.6 is 0 Å². The Balaban J connectivity index is 1.22. The minimum absolute atomic E-state index is 0.106. The van der Waals surface area contributed by atoms with E-state index in [2.05, 4.69) is 4.99 Å². The zero-order valence-electron chi connectivity index (χ0n) is 18.8. The van der Waals surface area contributed by atoms with E-state index >= 15 is 0 Å². The lowest BCUT2D eigenvalue weighted by Crippen LogP contribution is -2.09. The number of rotatable bonds is 5. The van der Waals surface area contributed by atoms with Gasteiger partial charge >= 0.3 is 11.9 Å². The summed E-state index contributed by atoms with van der Waals surface area (Å²) in [5.41, 5.74) is 1.58. The first-order valence-corrected chi connectivity index (χ1v) is 10.8. The molecule has 0 N–H and O–H groups in total. The Morgan fingerprint density at radius 2 is 1.58 bits per heavy atom. The van der Waals surface area contributed by atoms with Crippen LogP contribution in [0.15, 0.2) is 65.3 Å². The predicted octanol–water partition coefficient (Wildman–Crippen LogP) is 3.72. The van der Waals surface area contributed by atoms with Crippen LogP contribution in [0, 0.1) is 0 Å². The molecule has 0 atom stereocenters. The molecular formula is C26H17NO9. The van der Waals surface area contributed by atoms with Gasteiger partial charge in [-0.15, -0.1) is 0 Å². The number of ether oxygens (including phenoxy) is 7. The fraction of sp³-hybridized carbons (Fsp3) is 0.115. The summed E-state index contributed by atoms with van der Waals surface area (Å²) >= 11 is 0. The summed E-state index contributed by atoms with van der Waals surface area (Å²) in [5, 5.41) is 0. The van der Waals surface area contributed by atoms with Gasteiger partial charge in [0.05, 0.1) is 12.7 Å². The van der Waals surface area contributed by atoms with Crippen molar-refractivity contribution in [1.82, 2.24) is 0 Å². The quantitative estimate of drug-likeness (QED) is 0.302. The van der Waals surface area contributed by atoms with Gasteiger partial charge in [-0.3, -0.25) is 0 Å². The molecular weight excluding hydrogens is 470 g/mol. The SMILES string of the molecule is COc1cc(/C=C2/N=C(c3ccc4c(c3)OCO4)OC2=O)ccc1OC(=O)c1ccc2c(c1)OCO2. The van der Waals surface area contributed by atoms with Crippen molar-refractivity contribution in [2.45, 2.75) is 0 Å². The zero-order valence-corrected chi connectivity index (χ0v) is 18.8. The summed E-state index contributed by atoms with van der Waals surface area (Å²) in [7, 11) is 1.45.